The minimum absolute atomic E-state index is 0.0892. The molecule has 10 heteroatoms. The molecule has 2 heterocycles. The summed E-state index contributed by atoms with van der Waals surface area (Å²) in [5.41, 5.74) is -0.665. The first-order chi connectivity index (χ1) is 14.7. The molecule has 4 aliphatic rings. The van der Waals surface area contributed by atoms with E-state index >= 15 is 0 Å². The number of carbonyl (C=O) groups excluding carboxylic acids is 1. The molecule has 0 aromatic carbocycles. The van der Waals surface area contributed by atoms with E-state index in [4.69, 9.17) is 14.2 Å². The molecule has 0 amide bonds. The van der Waals surface area contributed by atoms with Gasteiger partial charge in [0.2, 0.25) is 0 Å². The SMILES string of the molecule is CC(CO)[C@H]1C2C(=O)OC1[C@@H](O)[C@]1(C)C2CC[C@H]1COC1OC(CO)C(O)C(O)C1O. The lowest BCUT2D eigenvalue weighted by molar-refractivity contribution is -0.305. The molecule has 13 atom stereocenters. The highest BCUT2D eigenvalue weighted by Gasteiger charge is 2.68. The van der Waals surface area contributed by atoms with Gasteiger partial charge >= 0.3 is 5.97 Å². The van der Waals surface area contributed by atoms with E-state index in [1.807, 2.05) is 13.8 Å². The van der Waals surface area contributed by atoms with E-state index in [2.05, 4.69) is 0 Å². The first kappa shape index (κ1) is 23.3. The summed E-state index contributed by atoms with van der Waals surface area (Å²) in [6.07, 6.45) is -7.00. The van der Waals surface area contributed by atoms with Crippen molar-refractivity contribution in [2.75, 3.05) is 19.8 Å². The molecule has 0 radical (unpaired) electrons. The molecular formula is C21H34O10. The fraction of sp³-hybridized carbons (Fsp3) is 0.952. The second kappa shape index (κ2) is 8.49. The van der Waals surface area contributed by atoms with Crippen molar-refractivity contribution in [2.24, 2.45) is 35.0 Å². The largest absolute Gasteiger partial charge is 0.459 e. The topological polar surface area (TPSA) is 166 Å². The minimum Gasteiger partial charge on any atom is -0.459 e. The van der Waals surface area contributed by atoms with Crippen LogP contribution in [0.25, 0.3) is 0 Å². The molecule has 6 N–H and O–H groups in total. The van der Waals surface area contributed by atoms with Crippen molar-refractivity contribution in [3.05, 3.63) is 0 Å². The van der Waals surface area contributed by atoms with E-state index < -0.39 is 60.9 Å². The Kier molecular flexibility index (Phi) is 6.39. The van der Waals surface area contributed by atoms with E-state index in [9.17, 15) is 35.4 Å². The standard InChI is InChI=1S/C21H34O10/c1-8(5-22)12-13-10-4-3-9(21(10,2)18(27)17(12)31-19(13)28)7-29-20-16(26)15(25)14(24)11(6-23)30-20/h8-18,20,22-27H,3-7H2,1-2H3/t8?,9-,10?,11?,12-,13?,14?,15?,16?,17?,18+,20?,21-/m0/s1. The van der Waals surface area contributed by atoms with E-state index in [1.54, 1.807) is 0 Å². The molecular weight excluding hydrogens is 412 g/mol. The Morgan fingerprint density at radius 3 is 2.48 bits per heavy atom. The second-order valence-corrected chi connectivity index (χ2v) is 9.89. The number of fused-ring (bicyclic) bond motifs is 4. The highest BCUT2D eigenvalue weighted by molar-refractivity contribution is 5.77. The molecule has 2 saturated heterocycles. The third-order valence-corrected chi connectivity index (χ3v) is 8.46. The van der Waals surface area contributed by atoms with Gasteiger partial charge in [0.25, 0.3) is 0 Å². The van der Waals surface area contributed by atoms with Crippen LogP contribution in [0.3, 0.4) is 0 Å². The van der Waals surface area contributed by atoms with Crippen molar-refractivity contribution in [3.63, 3.8) is 0 Å². The lowest BCUT2D eigenvalue weighted by Crippen LogP contribution is -2.60. The van der Waals surface area contributed by atoms with Crippen LogP contribution in [0.1, 0.15) is 26.7 Å². The summed E-state index contributed by atoms with van der Waals surface area (Å²) in [5, 5.41) is 60.4. The smallest absolute Gasteiger partial charge is 0.310 e. The fourth-order valence-electron chi connectivity index (χ4n) is 6.53. The zero-order valence-corrected chi connectivity index (χ0v) is 17.8. The third-order valence-electron chi connectivity index (χ3n) is 8.46. The number of hydrogen-bond acceptors (Lipinski definition) is 10. The number of aliphatic hydroxyl groups excluding tert-OH is 6. The second-order valence-electron chi connectivity index (χ2n) is 9.89. The van der Waals surface area contributed by atoms with Crippen molar-refractivity contribution >= 4 is 5.97 Å². The number of aliphatic hydroxyl groups is 6. The zero-order valence-electron chi connectivity index (χ0n) is 17.8. The van der Waals surface area contributed by atoms with Crippen LogP contribution in [-0.2, 0) is 19.0 Å². The highest BCUT2D eigenvalue weighted by Crippen LogP contribution is 2.63. The lowest BCUT2D eigenvalue weighted by atomic mass is 9.55. The average Bonchev–Trinajstić information content (AvgIpc) is 3.25. The molecule has 2 aliphatic heterocycles. The van der Waals surface area contributed by atoms with Gasteiger partial charge in [0.15, 0.2) is 6.29 Å². The Morgan fingerprint density at radius 1 is 1.13 bits per heavy atom. The maximum atomic E-state index is 12.6. The molecule has 4 fully saturated rings. The van der Waals surface area contributed by atoms with Gasteiger partial charge in [-0.05, 0) is 30.6 Å². The summed E-state index contributed by atoms with van der Waals surface area (Å²) in [7, 11) is 0. The van der Waals surface area contributed by atoms with Crippen LogP contribution in [-0.4, -0.2) is 99.3 Å². The predicted molar refractivity (Wildman–Crippen MR) is 103 cm³/mol. The van der Waals surface area contributed by atoms with Crippen molar-refractivity contribution in [2.45, 2.75) is 69.6 Å². The van der Waals surface area contributed by atoms with E-state index in [0.717, 1.165) is 0 Å². The van der Waals surface area contributed by atoms with Crippen LogP contribution in [0.15, 0.2) is 0 Å². The van der Waals surface area contributed by atoms with E-state index in [0.29, 0.717) is 12.8 Å². The number of esters is 1. The summed E-state index contributed by atoms with van der Waals surface area (Å²) in [6, 6.07) is 0. The van der Waals surface area contributed by atoms with E-state index in [1.165, 1.54) is 0 Å². The minimum atomic E-state index is -1.52. The Hall–Kier alpha value is -0.850. The van der Waals surface area contributed by atoms with Gasteiger partial charge in [-0.1, -0.05) is 13.8 Å². The molecule has 9 unspecified atom stereocenters. The van der Waals surface area contributed by atoms with Gasteiger partial charge in [-0.25, -0.2) is 0 Å². The van der Waals surface area contributed by atoms with Crippen LogP contribution < -0.4 is 0 Å². The van der Waals surface area contributed by atoms with Crippen LogP contribution in [0, 0.1) is 35.0 Å². The maximum Gasteiger partial charge on any atom is 0.310 e. The number of hydrogen-bond donors (Lipinski definition) is 6. The molecule has 10 nitrogen and oxygen atoms in total. The van der Waals surface area contributed by atoms with Gasteiger partial charge in [0, 0.05) is 17.9 Å². The van der Waals surface area contributed by atoms with Gasteiger partial charge in [-0.2, -0.15) is 0 Å². The summed E-state index contributed by atoms with van der Waals surface area (Å²) in [5.74, 6) is -1.42. The van der Waals surface area contributed by atoms with Crippen LogP contribution >= 0.6 is 0 Å². The van der Waals surface area contributed by atoms with Gasteiger partial charge in [-0.15, -0.1) is 0 Å². The Morgan fingerprint density at radius 2 is 1.84 bits per heavy atom. The Bertz CT molecular complexity index is 673. The fourth-order valence-corrected chi connectivity index (χ4v) is 6.53. The monoisotopic (exact) mass is 446 g/mol. The normalized spacial score (nSPS) is 52.6. The maximum absolute atomic E-state index is 12.6. The Balaban J connectivity index is 1.49. The molecule has 0 spiro atoms. The van der Waals surface area contributed by atoms with Gasteiger partial charge in [0.05, 0.1) is 25.2 Å². The molecule has 2 saturated carbocycles. The molecule has 4 rings (SSSR count). The molecule has 178 valence electrons. The summed E-state index contributed by atoms with van der Waals surface area (Å²) in [6.45, 7) is 3.25. The van der Waals surface area contributed by atoms with Crippen molar-refractivity contribution in [1.82, 2.24) is 0 Å². The number of carbonyl (C=O) groups is 1. The van der Waals surface area contributed by atoms with Crippen molar-refractivity contribution in [1.29, 1.82) is 0 Å². The predicted octanol–water partition coefficient (Wildman–Crippen LogP) is -2.00. The van der Waals surface area contributed by atoms with Crippen LogP contribution in [0.2, 0.25) is 0 Å². The quantitative estimate of drug-likeness (QED) is 0.251. The van der Waals surface area contributed by atoms with E-state index in [-0.39, 0.29) is 42.9 Å². The molecule has 31 heavy (non-hydrogen) atoms. The average molecular weight is 446 g/mol. The molecule has 0 aromatic rings. The number of ether oxygens (including phenoxy) is 3. The van der Waals surface area contributed by atoms with Crippen LogP contribution in [0.5, 0.6) is 0 Å². The lowest BCUT2D eigenvalue weighted by Gasteiger charge is -2.50. The first-order valence-corrected chi connectivity index (χ1v) is 11.1. The van der Waals surface area contributed by atoms with Crippen LogP contribution in [0.4, 0.5) is 0 Å². The third kappa shape index (κ3) is 3.43. The summed E-state index contributed by atoms with van der Waals surface area (Å²) >= 11 is 0. The van der Waals surface area contributed by atoms with Crippen molar-refractivity contribution in [3.8, 4) is 0 Å². The van der Waals surface area contributed by atoms with Crippen molar-refractivity contribution < 1.29 is 49.6 Å². The zero-order chi connectivity index (χ0) is 22.7. The summed E-state index contributed by atoms with van der Waals surface area (Å²) in [4.78, 5) is 12.6. The van der Waals surface area contributed by atoms with Gasteiger partial charge in [-0.3, -0.25) is 4.79 Å². The number of rotatable bonds is 6. The Labute approximate surface area is 180 Å². The molecule has 2 bridgehead atoms. The summed E-state index contributed by atoms with van der Waals surface area (Å²) < 4.78 is 16.7. The molecule has 2 aliphatic carbocycles. The first-order valence-electron chi connectivity index (χ1n) is 11.1. The van der Waals surface area contributed by atoms with Gasteiger partial charge < -0.3 is 44.8 Å². The highest BCUT2D eigenvalue weighted by atomic mass is 16.7. The molecule has 0 aromatic heterocycles. The van der Waals surface area contributed by atoms with Gasteiger partial charge in [0.1, 0.15) is 30.5 Å².